The first-order chi connectivity index (χ1) is 11.6. The molecule has 7 nitrogen and oxygen atoms in total. The van der Waals surface area contributed by atoms with Crippen LogP contribution in [0.25, 0.3) is 0 Å². The maximum atomic E-state index is 12.7. The van der Waals surface area contributed by atoms with Gasteiger partial charge in [0.25, 0.3) is 5.69 Å². The van der Waals surface area contributed by atoms with Crippen LogP contribution in [0, 0.1) is 10.1 Å². The normalized spacial score (nSPS) is 27.3. The number of rotatable bonds is 4. The van der Waals surface area contributed by atoms with Gasteiger partial charge in [0, 0.05) is 32.1 Å². The number of hydrogen-bond donors (Lipinski definition) is 0. The standard InChI is InChI=1S/C15H14Cl3N3O4/c1-19(13(23)14(16)8-15(14,17)18)11-5-6-20(12(11)22)9-3-2-4-10(7-9)21(24)25/h2-4,7,11H,5-6,8H2,1H3. The van der Waals surface area contributed by atoms with Gasteiger partial charge in [-0.05, 0) is 12.5 Å². The molecule has 2 aliphatic rings. The maximum Gasteiger partial charge on any atom is 0.271 e. The maximum absolute atomic E-state index is 12.7. The summed E-state index contributed by atoms with van der Waals surface area (Å²) >= 11 is 18.0. The van der Waals surface area contributed by atoms with Crippen molar-refractivity contribution in [3.05, 3.63) is 34.4 Å². The van der Waals surface area contributed by atoms with Crippen LogP contribution in [-0.2, 0) is 9.59 Å². The summed E-state index contributed by atoms with van der Waals surface area (Å²) in [4.78, 5) is 36.9. The average molecular weight is 407 g/mol. The number of non-ortho nitro benzene ring substituents is 1. The number of nitro benzene ring substituents is 1. The molecule has 10 heteroatoms. The molecule has 2 unspecified atom stereocenters. The second kappa shape index (κ2) is 6.00. The fraction of sp³-hybridized carbons (Fsp3) is 0.467. The second-order valence-electron chi connectivity index (χ2n) is 6.17. The Morgan fingerprint density at radius 3 is 2.60 bits per heavy atom. The van der Waals surface area contributed by atoms with Crippen LogP contribution >= 0.6 is 34.8 Å². The highest BCUT2D eigenvalue weighted by molar-refractivity contribution is 6.62. The molecule has 3 rings (SSSR count). The van der Waals surface area contributed by atoms with Crippen molar-refractivity contribution in [1.82, 2.24) is 4.90 Å². The molecule has 1 aliphatic carbocycles. The van der Waals surface area contributed by atoms with E-state index in [1.807, 2.05) is 0 Å². The predicted octanol–water partition coefficient (Wildman–Crippen LogP) is 2.71. The number of hydrogen-bond acceptors (Lipinski definition) is 4. The van der Waals surface area contributed by atoms with Crippen LogP contribution in [0.4, 0.5) is 11.4 Å². The number of anilines is 1. The van der Waals surface area contributed by atoms with Crippen molar-refractivity contribution in [2.45, 2.75) is 28.1 Å². The van der Waals surface area contributed by atoms with E-state index in [9.17, 15) is 19.7 Å². The smallest absolute Gasteiger partial charge is 0.271 e. The van der Waals surface area contributed by atoms with E-state index >= 15 is 0 Å². The summed E-state index contributed by atoms with van der Waals surface area (Å²) < 4.78 is -1.33. The number of amides is 2. The van der Waals surface area contributed by atoms with Crippen LogP contribution in [-0.4, -0.2) is 50.5 Å². The number of nitro groups is 1. The van der Waals surface area contributed by atoms with E-state index in [-0.39, 0.29) is 18.0 Å². The summed E-state index contributed by atoms with van der Waals surface area (Å²) in [5, 5.41) is 10.9. The summed E-state index contributed by atoms with van der Waals surface area (Å²) in [5.41, 5.74) is 0.309. The lowest BCUT2D eigenvalue weighted by molar-refractivity contribution is -0.384. The Balaban J connectivity index is 1.77. The quantitative estimate of drug-likeness (QED) is 0.437. The van der Waals surface area contributed by atoms with Crippen LogP contribution in [0.1, 0.15) is 12.8 Å². The molecule has 0 spiro atoms. The first kappa shape index (κ1) is 18.2. The molecule has 0 bridgehead atoms. The minimum absolute atomic E-state index is 0.107. The Morgan fingerprint density at radius 2 is 2.04 bits per heavy atom. The molecule has 1 aromatic rings. The zero-order valence-electron chi connectivity index (χ0n) is 13.1. The summed E-state index contributed by atoms with van der Waals surface area (Å²) in [7, 11) is 1.48. The van der Waals surface area contributed by atoms with Crippen LogP contribution in [0.5, 0.6) is 0 Å². The monoisotopic (exact) mass is 405 g/mol. The molecule has 25 heavy (non-hydrogen) atoms. The molecule has 0 radical (unpaired) electrons. The van der Waals surface area contributed by atoms with Crippen LogP contribution < -0.4 is 4.90 Å². The Morgan fingerprint density at radius 1 is 1.40 bits per heavy atom. The molecule has 0 N–H and O–H groups in total. The predicted molar refractivity (Wildman–Crippen MR) is 94.3 cm³/mol. The molecule has 1 aliphatic heterocycles. The summed E-state index contributed by atoms with van der Waals surface area (Å²) in [6.07, 6.45) is 0.498. The Bertz CT molecular complexity index is 772. The van der Waals surface area contributed by atoms with Crippen molar-refractivity contribution in [2.75, 3.05) is 18.5 Å². The van der Waals surface area contributed by atoms with E-state index in [0.717, 1.165) is 0 Å². The highest BCUT2D eigenvalue weighted by Crippen LogP contribution is 2.62. The fourth-order valence-electron chi connectivity index (χ4n) is 2.97. The average Bonchev–Trinajstić information content (AvgIpc) is 2.89. The van der Waals surface area contributed by atoms with E-state index in [4.69, 9.17) is 34.8 Å². The molecule has 1 saturated carbocycles. The van der Waals surface area contributed by atoms with E-state index in [2.05, 4.69) is 0 Å². The number of alkyl halides is 3. The zero-order chi connectivity index (χ0) is 18.6. The topological polar surface area (TPSA) is 83.8 Å². The van der Waals surface area contributed by atoms with Gasteiger partial charge in [-0.1, -0.05) is 29.3 Å². The SMILES string of the molecule is CN(C(=O)C1(Cl)CC1(Cl)Cl)C1CCN(c2cccc([N+](=O)[O-])c2)C1=O. The lowest BCUT2D eigenvalue weighted by Gasteiger charge is -2.26. The highest BCUT2D eigenvalue weighted by atomic mass is 35.5. The fourth-order valence-corrected chi connectivity index (χ4v) is 4.00. The largest absolute Gasteiger partial charge is 0.332 e. The van der Waals surface area contributed by atoms with Gasteiger partial charge in [0.1, 0.15) is 10.4 Å². The molecular formula is C15H14Cl3N3O4. The Kier molecular flexibility index (Phi) is 4.38. The molecule has 1 saturated heterocycles. The van der Waals surface area contributed by atoms with Gasteiger partial charge in [-0.2, -0.15) is 0 Å². The van der Waals surface area contributed by atoms with E-state index < -0.39 is 26.1 Å². The van der Waals surface area contributed by atoms with Crippen LogP contribution in [0.3, 0.4) is 0 Å². The molecule has 1 heterocycles. The van der Waals surface area contributed by atoms with Gasteiger partial charge in [0.05, 0.1) is 10.6 Å². The van der Waals surface area contributed by atoms with Gasteiger partial charge >= 0.3 is 0 Å². The highest BCUT2D eigenvalue weighted by Gasteiger charge is 2.72. The first-order valence-electron chi connectivity index (χ1n) is 7.48. The third-order valence-electron chi connectivity index (χ3n) is 4.58. The van der Waals surface area contributed by atoms with Gasteiger partial charge in [-0.25, -0.2) is 0 Å². The molecule has 2 fully saturated rings. The molecule has 1 aromatic carbocycles. The number of carbonyl (C=O) groups is 2. The Labute approximate surface area is 158 Å². The molecule has 134 valence electrons. The number of halogens is 3. The minimum Gasteiger partial charge on any atom is -0.332 e. The van der Waals surface area contributed by atoms with Gasteiger partial charge in [0.2, 0.25) is 11.8 Å². The van der Waals surface area contributed by atoms with Gasteiger partial charge in [0.15, 0.2) is 4.87 Å². The molecule has 2 amide bonds. The Hall–Kier alpha value is -1.57. The van der Waals surface area contributed by atoms with Crippen LogP contribution in [0.15, 0.2) is 24.3 Å². The van der Waals surface area contributed by atoms with E-state index in [1.165, 1.54) is 35.0 Å². The van der Waals surface area contributed by atoms with E-state index in [1.54, 1.807) is 6.07 Å². The van der Waals surface area contributed by atoms with Crippen molar-refractivity contribution < 1.29 is 14.5 Å². The van der Waals surface area contributed by atoms with Crippen LogP contribution in [0.2, 0.25) is 0 Å². The zero-order valence-corrected chi connectivity index (χ0v) is 15.4. The van der Waals surface area contributed by atoms with Gasteiger partial charge < -0.3 is 9.80 Å². The first-order valence-corrected chi connectivity index (χ1v) is 8.62. The molecule has 2 atom stereocenters. The summed E-state index contributed by atoms with van der Waals surface area (Å²) in [5.74, 6) is -0.828. The van der Waals surface area contributed by atoms with Crippen molar-refractivity contribution in [3.63, 3.8) is 0 Å². The van der Waals surface area contributed by atoms with E-state index in [0.29, 0.717) is 18.7 Å². The third kappa shape index (κ3) is 2.94. The van der Waals surface area contributed by atoms with Crippen molar-refractivity contribution in [1.29, 1.82) is 0 Å². The molecule has 0 aromatic heterocycles. The molecular weight excluding hydrogens is 393 g/mol. The number of carbonyl (C=O) groups excluding carboxylic acids is 2. The van der Waals surface area contributed by atoms with Crippen molar-refractivity contribution in [2.24, 2.45) is 0 Å². The minimum atomic E-state index is -1.41. The van der Waals surface area contributed by atoms with Crippen molar-refractivity contribution >= 4 is 58.0 Å². The number of benzene rings is 1. The lowest BCUT2D eigenvalue weighted by Crippen LogP contribution is -2.47. The van der Waals surface area contributed by atoms with Gasteiger partial charge in [-0.3, -0.25) is 19.7 Å². The number of nitrogens with zero attached hydrogens (tertiary/aromatic N) is 3. The summed E-state index contributed by atoms with van der Waals surface area (Å²) in [6, 6.07) is 5.08. The number of likely N-dealkylation sites (N-methyl/N-ethyl adjacent to an activating group) is 1. The van der Waals surface area contributed by atoms with Crippen molar-refractivity contribution in [3.8, 4) is 0 Å². The second-order valence-corrected chi connectivity index (χ2v) is 8.30. The summed E-state index contributed by atoms with van der Waals surface area (Å²) in [6.45, 7) is 0.338. The lowest BCUT2D eigenvalue weighted by atomic mass is 10.2. The third-order valence-corrected chi connectivity index (χ3v) is 6.30. The van der Waals surface area contributed by atoms with Gasteiger partial charge in [-0.15, -0.1) is 11.6 Å².